The SMILES string of the molecule is O=C1CCC(=O)C12CCC(C1CCC(c3cc(F)c(OCCCCF)c(F)c3)CC1)CC2. The molecule has 0 atom stereocenters. The molecule has 176 valence electrons. The third-order valence-electron chi connectivity index (χ3n) is 8.24. The summed E-state index contributed by atoms with van der Waals surface area (Å²) in [7, 11) is 0. The van der Waals surface area contributed by atoms with E-state index in [1.54, 1.807) is 0 Å². The molecule has 0 aromatic heterocycles. The molecule has 1 aromatic carbocycles. The van der Waals surface area contributed by atoms with E-state index in [1.807, 2.05) is 0 Å². The van der Waals surface area contributed by atoms with Gasteiger partial charge >= 0.3 is 0 Å². The number of unbranched alkanes of at least 4 members (excludes halogenated alkanes) is 1. The summed E-state index contributed by atoms with van der Waals surface area (Å²) in [5.74, 6) is -0.208. The minimum atomic E-state index is -0.689. The summed E-state index contributed by atoms with van der Waals surface area (Å²) in [4.78, 5) is 24.6. The van der Waals surface area contributed by atoms with Crippen LogP contribution in [0.1, 0.15) is 88.5 Å². The van der Waals surface area contributed by atoms with Gasteiger partial charge < -0.3 is 4.74 Å². The number of hydrogen-bond acceptors (Lipinski definition) is 3. The van der Waals surface area contributed by atoms with Gasteiger partial charge in [0.2, 0.25) is 0 Å². The summed E-state index contributed by atoms with van der Waals surface area (Å²) in [5, 5.41) is 0. The molecule has 4 rings (SSSR count). The Kier molecular flexibility index (Phi) is 7.26. The lowest BCUT2D eigenvalue weighted by atomic mass is 9.63. The molecule has 0 bridgehead atoms. The Morgan fingerprint density at radius 2 is 1.41 bits per heavy atom. The second kappa shape index (κ2) is 9.96. The van der Waals surface area contributed by atoms with Gasteiger partial charge in [0.1, 0.15) is 11.6 Å². The van der Waals surface area contributed by atoms with Crippen LogP contribution >= 0.6 is 0 Å². The Balaban J connectivity index is 1.30. The molecule has 1 spiro atoms. The lowest BCUT2D eigenvalue weighted by Gasteiger charge is -2.40. The maximum Gasteiger partial charge on any atom is 0.190 e. The molecule has 32 heavy (non-hydrogen) atoms. The molecule has 0 N–H and O–H groups in total. The topological polar surface area (TPSA) is 43.4 Å². The van der Waals surface area contributed by atoms with Gasteiger partial charge in [-0.05, 0) is 99.7 Å². The fourth-order valence-electron chi connectivity index (χ4n) is 6.27. The maximum atomic E-state index is 14.5. The van der Waals surface area contributed by atoms with Crippen molar-refractivity contribution in [1.82, 2.24) is 0 Å². The first-order valence-corrected chi connectivity index (χ1v) is 12.2. The first-order chi connectivity index (χ1) is 15.4. The van der Waals surface area contributed by atoms with Gasteiger partial charge in [0.25, 0.3) is 0 Å². The summed E-state index contributed by atoms with van der Waals surface area (Å²) in [5.41, 5.74) is 0.0117. The van der Waals surface area contributed by atoms with Crippen molar-refractivity contribution in [3.63, 3.8) is 0 Å². The van der Waals surface area contributed by atoms with Crippen molar-refractivity contribution >= 4 is 11.6 Å². The Hall–Kier alpha value is -1.85. The van der Waals surface area contributed by atoms with Crippen molar-refractivity contribution in [2.75, 3.05) is 13.3 Å². The highest BCUT2D eigenvalue weighted by atomic mass is 19.1. The molecule has 3 aliphatic carbocycles. The Bertz CT molecular complexity index is 796. The molecular formula is C26H33F3O3. The van der Waals surface area contributed by atoms with Crippen LogP contribution in [-0.2, 0) is 9.59 Å². The van der Waals surface area contributed by atoms with Gasteiger partial charge in [0.05, 0.1) is 18.7 Å². The zero-order valence-corrected chi connectivity index (χ0v) is 18.6. The van der Waals surface area contributed by atoms with E-state index in [2.05, 4.69) is 0 Å². The van der Waals surface area contributed by atoms with E-state index in [0.717, 1.165) is 38.5 Å². The number of ether oxygens (including phenoxy) is 1. The fourth-order valence-corrected chi connectivity index (χ4v) is 6.27. The van der Waals surface area contributed by atoms with Gasteiger partial charge in [-0.3, -0.25) is 14.0 Å². The number of ketones is 2. The zero-order chi connectivity index (χ0) is 22.7. The smallest absolute Gasteiger partial charge is 0.190 e. The van der Waals surface area contributed by atoms with Crippen molar-refractivity contribution < 1.29 is 27.5 Å². The maximum absolute atomic E-state index is 14.5. The second-order valence-electron chi connectivity index (χ2n) is 9.94. The minimum absolute atomic E-state index is 0.0993. The van der Waals surface area contributed by atoms with Gasteiger partial charge in [-0.25, -0.2) is 8.78 Å². The van der Waals surface area contributed by atoms with Crippen LogP contribution in [0, 0.1) is 28.9 Å². The quantitative estimate of drug-likeness (QED) is 0.353. The zero-order valence-electron chi connectivity index (χ0n) is 18.6. The van der Waals surface area contributed by atoms with Crippen LogP contribution in [0.4, 0.5) is 13.2 Å². The Morgan fingerprint density at radius 1 is 0.844 bits per heavy atom. The highest BCUT2D eigenvalue weighted by Crippen LogP contribution is 2.50. The van der Waals surface area contributed by atoms with Gasteiger partial charge in [-0.1, -0.05) is 0 Å². The number of benzene rings is 1. The molecule has 3 aliphatic rings. The highest BCUT2D eigenvalue weighted by molar-refractivity contribution is 6.12. The van der Waals surface area contributed by atoms with E-state index in [1.165, 1.54) is 12.1 Å². The molecule has 1 aromatic rings. The lowest BCUT2D eigenvalue weighted by Crippen LogP contribution is -2.38. The van der Waals surface area contributed by atoms with Crippen molar-refractivity contribution in [3.8, 4) is 5.75 Å². The number of Topliss-reactive ketones (excluding diaryl/α,β-unsaturated/α-hetero) is 2. The number of rotatable bonds is 7. The molecular weight excluding hydrogens is 417 g/mol. The Morgan fingerprint density at radius 3 is 1.97 bits per heavy atom. The van der Waals surface area contributed by atoms with Gasteiger partial charge in [0, 0.05) is 12.8 Å². The van der Waals surface area contributed by atoms with Crippen LogP contribution in [0.3, 0.4) is 0 Å². The summed E-state index contributed by atoms with van der Waals surface area (Å²) >= 11 is 0. The molecule has 3 saturated carbocycles. The van der Waals surface area contributed by atoms with E-state index < -0.39 is 23.7 Å². The van der Waals surface area contributed by atoms with Gasteiger partial charge in [0.15, 0.2) is 17.4 Å². The number of hydrogen-bond donors (Lipinski definition) is 0. The van der Waals surface area contributed by atoms with Gasteiger partial charge in [-0.15, -0.1) is 0 Å². The van der Waals surface area contributed by atoms with Gasteiger partial charge in [-0.2, -0.15) is 0 Å². The first kappa shape index (κ1) is 23.3. The van der Waals surface area contributed by atoms with Crippen LogP contribution in [0.15, 0.2) is 12.1 Å². The van der Waals surface area contributed by atoms with Crippen molar-refractivity contribution in [1.29, 1.82) is 0 Å². The Labute approximate surface area is 188 Å². The van der Waals surface area contributed by atoms with E-state index in [4.69, 9.17) is 4.74 Å². The third kappa shape index (κ3) is 4.60. The fraction of sp³-hybridized carbons (Fsp3) is 0.692. The normalized spacial score (nSPS) is 26.1. The molecule has 6 heteroatoms. The summed E-state index contributed by atoms with van der Waals surface area (Å²) in [6.07, 6.45) is 8.66. The molecule has 0 amide bonds. The largest absolute Gasteiger partial charge is 0.488 e. The minimum Gasteiger partial charge on any atom is -0.488 e. The molecule has 0 unspecified atom stereocenters. The molecule has 3 fully saturated rings. The number of halogens is 3. The second-order valence-corrected chi connectivity index (χ2v) is 9.94. The van der Waals surface area contributed by atoms with Crippen LogP contribution in [0.25, 0.3) is 0 Å². The van der Waals surface area contributed by atoms with E-state index in [-0.39, 0.29) is 29.8 Å². The van der Waals surface area contributed by atoms with E-state index >= 15 is 0 Å². The standard InChI is InChI=1S/C26H33F3O3/c27-13-1-2-14-32-25-21(28)15-20(16-22(25)29)18-5-3-17(4-6-18)19-9-11-26(12-10-19)23(30)7-8-24(26)31/h15-19H,1-14H2. The van der Waals surface area contributed by atoms with Crippen molar-refractivity contribution in [2.45, 2.75) is 83.0 Å². The van der Waals surface area contributed by atoms with Crippen LogP contribution in [-0.4, -0.2) is 24.8 Å². The summed E-state index contributed by atoms with van der Waals surface area (Å²) in [6, 6.07) is 2.78. The third-order valence-corrected chi connectivity index (χ3v) is 8.24. The van der Waals surface area contributed by atoms with E-state index in [0.29, 0.717) is 55.9 Å². The molecule has 3 nitrogen and oxygen atoms in total. The van der Waals surface area contributed by atoms with Crippen molar-refractivity contribution in [3.05, 3.63) is 29.3 Å². The van der Waals surface area contributed by atoms with Crippen LogP contribution < -0.4 is 4.74 Å². The summed E-state index contributed by atoms with van der Waals surface area (Å²) < 4.78 is 46.3. The molecule has 0 aliphatic heterocycles. The van der Waals surface area contributed by atoms with Crippen molar-refractivity contribution in [2.24, 2.45) is 17.3 Å². The average molecular weight is 451 g/mol. The lowest BCUT2D eigenvalue weighted by molar-refractivity contribution is -0.138. The number of carbonyl (C=O) groups is 2. The first-order valence-electron chi connectivity index (χ1n) is 12.2. The monoisotopic (exact) mass is 450 g/mol. The number of carbonyl (C=O) groups excluding carboxylic acids is 2. The van der Waals surface area contributed by atoms with Crippen LogP contribution in [0.2, 0.25) is 0 Å². The molecule has 0 saturated heterocycles. The molecule has 0 heterocycles. The summed E-state index contributed by atoms with van der Waals surface area (Å²) in [6.45, 7) is -0.365. The molecule has 0 radical (unpaired) electrons. The number of alkyl halides is 1. The average Bonchev–Trinajstić information content (AvgIpc) is 3.07. The predicted molar refractivity (Wildman–Crippen MR) is 115 cm³/mol. The van der Waals surface area contributed by atoms with E-state index in [9.17, 15) is 22.8 Å². The highest BCUT2D eigenvalue weighted by Gasteiger charge is 2.51. The van der Waals surface area contributed by atoms with Crippen LogP contribution in [0.5, 0.6) is 5.75 Å². The predicted octanol–water partition coefficient (Wildman–Crippen LogP) is 6.48.